The Balaban J connectivity index is 1.46. The highest BCUT2D eigenvalue weighted by Gasteiger charge is 2.29. The molecule has 0 saturated carbocycles. The summed E-state index contributed by atoms with van der Waals surface area (Å²) in [7, 11) is 0. The third-order valence-electron chi connectivity index (χ3n) is 4.83. The number of aliphatic hydroxyl groups excluding tert-OH is 1. The Kier molecular flexibility index (Phi) is 4.63. The molecule has 0 amide bonds. The van der Waals surface area contributed by atoms with Gasteiger partial charge in [-0.25, -0.2) is 9.67 Å². The van der Waals surface area contributed by atoms with Gasteiger partial charge in [0.25, 0.3) is 0 Å². The highest BCUT2D eigenvalue weighted by Crippen LogP contribution is 2.28. The summed E-state index contributed by atoms with van der Waals surface area (Å²) in [6.45, 7) is 1.74. The molecule has 3 heterocycles. The molecule has 1 saturated heterocycles. The number of rotatable bonds is 6. The Labute approximate surface area is 146 Å². The molecule has 1 aliphatic heterocycles. The fraction of sp³-hybridized carbons (Fsp3) is 0.368. The summed E-state index contributed by atoms with van der Waals surface area (Å²) >= 11 is 0. The summed E-state index contributed by atoms with van der Waals surface area (Å²) < 4.78 is 7.22. The smallest absolute Gasteiger partial charge is 0.146 e. The lowest BCUT2D eigenvalue weighted by molar-refractivity contribution is 0.0984. The van der Waals surface area contributed by atoms with Gasteiger partial charge in [0.15, 0.2) is 0 Å². The molecule has 2 aromatic heterocycles. The first kappa shape index (κ1) is 16.1. The second-order valence-corrected chi connectivity index (χ2v) is 6.46. The number of para-hydroxylation sites is 1. The third kappa shape index (κ3) is 3.50. The topological polar surface area (TPSA) is 67.3 Å². The van der Waals surface area contributed by atoms with Gasteiger partial charge in [0.05, 0.1) is 18.5 Å². The van der Waals surface area contributed by atoms with E-state index in [1.54, 1.807) is 12.6 Å². The Morgan fingerprint density at radius 2 is 2.08 bits per heavy atom. The minimum atomic E-state index is -0.562. The number of likely N-dealkylation sites (tertiary alicyclic amines) is 1. The Hall–Kier alpha value is -2.44. The van der Waals surface area contributed by atoms with E-state index in [1.807, 2.05) is 47.1 Å². The normalized spacial score (nSPS) is 19.3. The standard InChI is InChI=1S/C19H22N4O2/c24-17(18-9-5-11-25-18)12-16-8-4-10-22(16)13-19-20-14-21-23(19)15-6-2-1-3-7-15/h1-3,5-7,9,11,14,16-17,24H,4,8,10,12-13H2. The minimum Gasteiger partial charge on any atom is -0.467 e. The maximum Gasteiger partial charge on any atom is 0.146 e. The molecule has 0 bridgehead atoms. The molecule has 1 N–H and O–H groups in total. The minimum absolute atomic E-state index is 0.320. The van der Waals surface area contributed by atoms with Crippen molar-refractivity contribution in [1.82, 2.24) is 19.7 Å². The van der Waals surface area contributed by atoms with Crippen molar-refractivity contribution in [3.05, 3.63) is 66.6 Å². The maximum atomic E-state index is 10.4. The monoisotopic (exact) mass is 338 g/mol. The quantitative estimate of drug-likeness (QED) is 0.748. The number of aromatic nitrogens is 3. The molecule has 1 aliphatic rings. The van der Waals surface area contributed by atoms with E-state index in [0.717, 1.165) is 37.4 Å². The van der Waals surface area contributed by atoms with Gasteiger partial charge in [-0.15, -0.1) is 0 Å². The fourth-order valence-corrected chi connectivity index (χ4v) is 3.56. The lowest BCUT2D eigenvalue weighted by Crippen LogP contribution is -2.31. The molecule has 0 aliphatic carbocycles. The number of hydrogen-bond donors (Lipinski definition) is 1. The SMILES string of the molecule is OC(CC1CCCN1Cc1ncnn1-c1ccccc1)c1ccco1. The van der Waals surface area contributed by atoms with Crippen molar-refractivity contribution < 1.29 is 9.52 Å². The predicted molar refractivity (Wildman–Crippen MR) is 93.1 cm³/mol. The molecule has 1 fully saturated rings. The van der Waals surface area contributed by atoms with Crippen LogP contribution in [0.25, 0.3) is 5.69 Å². The van der Waals surface area contributed by atoms with E-state index in [1.165, 1.54) is 0 Å². The van der Waals surface area contributed by atoms with E-state index in [-0.39, 0.29) is 0 Å². The van der Waals surface area contributed by atoms with Crippen molar-refractivity contribution in [3.63, 3.8) is 0 Å². The number of hydrogen-bond acceptors (Lipinski definition) is 5. The molecule has 3 aromatic rings. The van der Waals surface area contributed by atoms with Gasteiger partial charge < -0.3 is 9.52 Å². The molecule has 1 aromatic carbocycles. The van der Waals surface area contributed by atoms with E-state index in [9.17, 15) is 5.11 Å². The highest BCUT2D eigenvalue weighted by atomic mass is 16.4. The number of benzene rings is 1. The van der Waals surface area contributed by atoms with Crippen molar-refractivity contribution in [3.8, 4) is 5.69 Å². The first-order chi connectivity index (χ1) is 12.3. The van der Waals surface area contributed by atoms with E-state index in [4.69, 9.17) is 4.42 Å². The summed E-state index contributed by atoms with van der Waals surface area (Å²) in [6.07, 6.45) is 5.53. The van der Waals surface area contributed by atoms with E-state index in [2.05, 4.69) is 15.0 Å². The average Bonchev–Trinajstić information content (AvgIpc) is 3.38. The highest BCUT2D eigenvalue weighted by molar-refractivity contribution is 5.30. The third-order valence-corrected chi connectivity index (χ3v) is 4.83. The van der Waals surface area contributed by atoms with Gasteiger partial charge >= 0.3 is 0 Å². The summed E-state index contributed by atoms with van der Waals surface area (Å²) in [5.41, 5.74) is 1.02. The van der Waals surface area contributed by atoms with Crippen LogP contribution in [0.5, 0.6) is 0 Å². The molecule has 6 nitrogen and oxygen atoms in total. The Morgan fingerprint density at radius 1 is 1.20 bits per heavy atom. The van der Waals surface area contributed by atoms with Crippen LogP contribution in [0, 0.1) is 0 Å². The van der Waals surface area contributed by atoms with E-state index < -0.39 is 6.10 Å². The summed E-state index contributed by atoms with van der Waals surface area (Å²) in [6, 6.07) is 14.0. The van der Waals surface area contributed by atoms with Gasteiger partial charge in [-0.1, -0.05) is 18.2 Å². The van der Waals surface area contributed by atoms with Gasteiger partial charge in [-0.3, -0.25) is 4.90 Å². The lowest BCUT2D eigenvalue weighted by atomic mass is 10.1. The van der Waals surface area contributed by atoms with Crippen molar-refractivity contribution in [1.29, 1.82) is 0 Å². The van der Waals surface area contributed by atoms with Crippen LogP contribution in [-0.2, 0) is 6.54 Å². The largest absolute Gasteiger partial charge is 0.467 e. The Bertz CT molecular complexity index is 785. The van der Waals surface area contributed by atoms with Crippen LogP contribution in [0.2, 0.25) is 0 Å². The van der Waals surface area contributed by atoms with Crippen LogP contribution in [0.3, 0.4) is 0 Å². The van der Waals surface area contributed by atoms with Crippen LogP contribution >= 0.6 is 0 Å². The second kappa shape index (κ2) is 7.21. The Morgan fingerprint density at radius 3 is 2.88 bits per heavy atom. The molecule has 4 rings (SSSR count). The summed E-state index contributed by atoms with van der Waals surface area (Å²) in [5.74, 6) is 1.56. The summed E-state index contributed by atoms with van der Waals surface area (Å²) in [4.78, 5) is 6.83. The number of furan rings is 1. The molecular weight excluding hydrogens is 316 g/mol. The van der Waals surface area contributed by atoms with Gasteiger partial charge in [-0.2, -0.15) is 5.10 Å². The average molecular weight is 338 g/mol. The molecule has 0 spiro atoms. The molecule has 25 heavy (non-hydrogen) atoms. The molecule has 130 valence electrons. The van der Waals surface area contributed by atoms with Crippen LogP contribution in [0.15, 0.2) is 59.5 Å². The van der Waals surface area contributed by atoms with E-state index in [0.29, 0.717) is 18.2 Å². The second-order valence-electron chi connectivity index (χ2n) is 6.46. The van der Waals surface area contributed by atoms with Gasteiger partial charge in [0.2, 0.25) is 0 Å². The molecule has 2 atom stereocenters. The number of nitrogens with zero attached hydrogens (tertiary/aromatic N) is 4. The van der Waals surface area contributed by atoms with Crippen molar-refractivity contribution in [2.75, 3.05) is 6.54 Å². The first-order valence-corrected chi connectivity index (χ1v) is 8.71. The molecular formula is C19H22N4O2. The zero-order chi connectivity index (χ0) is 17.1. The van der Waals surface area contributed by atoms with Crippen molar-refractivity contribution >= 4 is 0 Å². The zero-order valence-electron chi connectivity index (χ0n) is 14.0. The van der Waals surface area contributed by atoms with Crippen molar-refractivity contribution in [2.24, 2.45) is 0 Å². The number of aliphatic hydroxyl groups is 1. The molecule has 0 radical (unpaired) electrons. The zero-order valence-corrected chi connectivity index (χ0v) is 14.0. The van der Waals surface area contributed by atoms with Gasteiger partial charge in [-0.05, 0) is 50.1 Å². The molecule has 2 unspecified atom stereocenters. The van der Waals surface area contributed by atoms with Gasteiger partial charge in [0, 0.05) is 6.04 Å². The summed E-state index contributed by atoms with van der Waals surface area (Å²) in [5, 5.41) is 14.8. The predicted octanol–water partition coefficient (Wildman–Crippen LogP) is 2.95. The first-order valence-electron chi connectivity index (χ1n) is 8.71. The maximum absolute atomic E-state index is 10.4. The van der Waals surface area contributed by atoms with Crippen LogP contribution < -0.4 is 0 Å². The van der Waals surface area contributed by atoms with Crippen LogP contribution in [-0.4, -0.2) is 37.4 Å². The van der Waals surface area contributed by atoms with Crippen LogP contribution in [0.1, 0.15) is 37.0 Å². The van der Waals surface area contributed by atoms with Crippen molar-refractivity contribution in [2.45, 2.75) is 38.0 Å². The lowest BCUT2D eigenvalue weighted by Gasteiger charge is -2.25. The van der Waals surface area contributed by atoms with Crippen LogP contribution in [0.4, 0.5) is 0 Å². The van der Waals surface area contributed by atoms with Gasteiger partial charge in [0.1, 0.15) is 24.0 Å². The molecule has 6 heteroatoms. The van der Waals surface area contributed by atoms with E-state index >= 15 is 0 Å². The fourth-order valence-electron chi connectivity index (χ4n) is 3.56.